The monoisotopic (exact) mass is 215 g/mol. The van der Waals surface area contributed by atoms with E-state index in [1.807, 2.05) is 30.6 Å². The number of benzene rings is 1. The minimum Gasteiger partial charge on any atom is -0.399 e. The third kappa shape index (κ3) is 2.24. The maximum atomic E-state index is 5.76. The molecule has 0 unspecified atom stereocenters. The van der Waals surface area contributed by atoms with Gasteiger partial charge in [-0.25, -0.2) is 4.98 Å². The third-order valence-electron chi connectivity index (χ3n) is 2.62. The van der Waals surface area contributed by atoms with Crippen LogP contribution in [0.3, 0.4) is 0 Å². The van der Waals surface area contributed by atoms with Gasteiger partial charge in [0.05, 0.1) is 0 Å². The zero-order valence-corrected chi connectivity index (χ0v) is 9.72. The molecule has 0 bridgehead atoms. The van der Waals surface area contributed by atoms with Crippen molar-refractivity contribution in [2.75, 3.05) is 5.73 Å². The number of hydrogen-bond acceptors (Lipinski definition) is 2. The first-order valence-corrected chi connectivity index (χ1v) is 5.53. The van der Waals surface area contributed by atoms with E-state index in [0.717, 1.165) is 17.9 Å². The van der Waals surface area contributed by atoms with E-state index in [0.29, 0.717) is 6.04 Å². The summed E-state index contributed by atoms with van der Waals surface area (Å²) in [6.45, 7) is 4.31. The van der Waals surface area contributed by atoms with Crippen LogP contribution in [0, 0.1) is 0 Å². The van der Waals surface area contributed by atoms with Crippen LogP contribution in [-0.2, 0) is 6.42 Å². The maximum absolute atomic E-state index is 5.76. The normalized spacial score (nSPS) is 10.9. The Morgan fingerprint density at radius 2 is 2.19 bits per heavy atom. The van der Waals surface area contributed by atoms with Crippen LogP contribution in [0.25, 0.3) is 0 Å². The van der Waals surface area contributed by atoms with E-state index >= 15 is 0 Å². The van der Waals surface area contributed by atoms with E-state index in [9.17, 15) is 0 Å². The van der Waals surface area contributed by atoms with Crippen molar-refractivity contribution in [1.82, 2.24) is 9.55 Å². The summed E-state index contributed by atoms with van der Waals surface area (Å²) in [5.74, 6) is 1.08. The molecule has 0 aliphatic carbocycles. The molecule has 0 amide bonds. The molecule has 3 nitrogen and oxygen atoms in total. The molecule has 2 aromatic rings. The topological polar surface area (TPSA) is 43.8 Å². The number of nitrogens with two attached hydrogens (primary N) is 1. The smallest absolute Gasteiger partial charge is 0.113 e. The van der Waals surface area contributed by atoms with Crippen molar-refractivity contribution < 1.29 is 0 Å². The Labute approximate surface area is 95.9 Å². The third-order valence-corrected chi connectivity index (χ3v) is 2.62. The Balaban J connectivity index is 2.24. The van der Waals surface area contributed by atoms with Crippen LogP contribution >= 0.6 is 0 Å². The minimum absolute atomic E-state index is 0.443. The second-order valence-electron chi connectivity index (χ2n) is 4.27. The second kappa shape index (κ2) is 4.39. The molecule has 0 spiro atoms. The van der Waals surface area contributed by atoms with E-state index in [2.05, 4.69) is 29.5 Å². The summed E-state index contributed by atoms with van der Waals surface area (Å²) in [7, 11) is 0. The zero-order valence-electron chi connectivity index (χ0n) is 9.72. The number of hydrogen-bond donors (Lipinski definition) is 1. The van der Waals surface area contributed by atoms with Crippen molar-refractivity contribution >= 4 is 5.69 Å². The van der Waals surface area contributed by atoms with Gasteiger partial charge in [0.15, 0.2) is 0 Å². The van der Waals surface area contributed by atoms with E-state index < -0.39 is 0 Å². The van der Waals surface area contributed by atoms with Crippen molar-refractivity contribution in [3.63, 3.8) is 0 Å². The van der Waals surface area contributed by atoms with Gasteiger partial charge in [0.25, 0.3) is 0 Å². The number of rotatable bonds is 3. The zero-order chi connectivity index (χ0) is 11.5. The van der Waals surface area contributed by atoms with Crippen molar-refractivity contribution in [2.45, 2.75) is 26.3 Å². The molecule has 1 aromatic carbocycles. The molecule has 1 heterocycles. The Morgan fingerprint density at radius 1 is 1.38 bits per heavy atom. The maximum Gasteiger partial charge on any atom is 0.113 e. The molecule has 0 aliphatic heterocycles. The number of imidazole rings is 1. The summed E-state index contributed by atoms with van der Waals surface area (Å²) in [4.78, 5) is 4.38. The lowest BCUT2D eigenvalue weighted by molar-refractivity contribution is 0.574. The molecule has 0 saturated heterocycles. The second-order valence-corrected chi connectivity index (χ2v) is 4.27. The molecule has 16 heavy (non-hydrogen) atoms. The molecule has 3 heteroatoms. The Hall–Kier alpha value is -1.77. The Kier molecular flexibility index (Phi) is 2.95. The van der Waals surface area contributed by atoms with E-state index in [1.165, 1.54) is 5.56 Å². The molecule has 0 fully saturated rings. The highest BCUT2D eigenvalue weighted by molar-refractivity contribution is 5.41. The summed E-state index contributed by atoms with van der Waals surface area (Å²) >= 11 is 0. The minimum atomic E-state index is 0.443. The first-order valence-electron chi connectivity index (χ1n) is 5.53. The van der Waals surface area contributed by atoms with Crippen LogP contribution in [0.15, 0.2) is 36.7 Å². The highest BCUT2D eigenvalue weighted by Gasteiger charge is 2.06. The van der Waals surface area contributed by atoms with Crippen LogP contribution in [-0.4, -0.2) is 9.55 Å². The fourth-order valence-corrected chi connectivity index (χ4v) is 1.84. The molecular weight excluding hydrogens is 198 g/mol. The molecule has 2 N–H and O–H groups in total. The van der Waals surface area contributed by atoms with Gasteiger partial charge in [-0.05, 0) is 31.5 Å². The quantitative estimate of drug-likeness (QED) is 0.800. The fraction of sp³-hybridized carbons (Fsp3) is 0.308. The SMILES string of the molecule is CC(C)n1ccnc1Cc1cccc(N)c1. The largest absolute Gasteiger partial charge is 0.399 e. The summed E-state index contributed by atoms with van der Waals surface area (Å²) in [6.07, 6.45) is 4.70. The van der Waals surface area contributed by atoms with Crippen molar-refractivity contribution in [3.05, 3.63) is 48.0 Å². The van der Waals surface area contributed by atoms with Crippen LogP contribution in [0.4, 0.5) is 5.69 Å². The lowest BCUT2D eigenvalue weighted by atomic mass is 10.1. The summed E-state index contributed by atoms with van der Waals surface area (Å²) < 4.78 is 2.18. The van der Waals surface area contributed by atoms with Crippen LogP contribution < -0.4 is 5.73 Å². The Morgan fingerprint density at radius 3 is 2.88 bits per heavy atom. The number of aromatic nitrogens is 2. The summed E-state index contributed by atoms with van der Waals surface area (Å²) in [5.41, 5.74) is 7.77. The molecule has 0 atom stereocenters. The van der Waals surface area contributed by atoms with Crippen LogP contribution in [0.2, 0.25) is 0 Å². The van der Waals surface area contributed by atoms with Gasteiger partial charge in [0, 0.05) is 30.5 Å². The first-order chi connectivity index (χ1) is 7.66. The highest BCUT2D eigenvalue weighted by Crippen LogP contribution is 2.14. The predicted octanol–water partition coefficient (Wildman–Crippen LogP) is 2.64. The van der Waals surface area contributed by atoms with Crippen molar-refractivity contribution in [2.24, 2.45) is 0 Å². The highest BCUT2D eigenvalue weighted by atomic mass is 15.1. The molecule has 0 saturated carbocycles. The summed E-state index contributed by atoms with van der Waals surface area (Å²) in [5, 5.41) is 0. The first kappa shape index (κ1) is 10.7. The predicted molar refractivity (Wildman–Crippen MR) is 66.3 cm³/mol. The average molecular weight is 215 g/mol. The molecule has 84 valence electrons. The van der Waals surface area contributed by atoms with Gasteiger partial charge < -0.3 is 10.3 Å². The lowest BCUT2D eigenvalue weighted by Crippen LogP contribution is -2.06. The molecule has 0 aliphatic rings. The number of nitrogens with zero attached hydrogens (tertiary/aromatic N) is 2. The molecule has 1 aromatic heterocycles. The van der Waals surface area contributed by atoms with Gasteiger partial charge >= 0.3 is 0 Å². The van der Waals surface area contributed by atoms with Gasteiger partial charge in [-0.2, -0.15) is 0 Å². The van der Waals surface area contributed by atoms with Gasteiger partial charge in [-0.15, -0.1) is 0 Å². The van der Waals surface area contributed by atoms with Crippen molar-refractivity contribution in [3.8, 4) is 0 Å². The van der Waals surface area contributed by atoms with E-state index in [-0.39, 0.29) is 0 Å². The average Bonchev–Trinajstić information content (AvgIpc) is 2.66. The van der Waals surface area contributed by atoms with Gasteiger partial charge in [0.2, 0.25) is 0 Å². The van der Waals surface area contributed by atoms with Gasteiger partial charge in [0.1, 0.15) is 5.82 Å². The van der Waals surface area contributed by atoms with Crippen LogP contribution in [0.5, 0.6) is 0 Å². The van der Waals surface area contributed by atoms with Gasteiger partial charge in [-0.3, -0.25) is 0 Å². The van der Waals surface area contributed by atoms with E-state index in [4.69, 9.17) is 5.73 Å². The fourth-order valence-electron chi connectivity index (χ4n) is 1.84. The summed E-state index contributed by atoms with van der Waals surface area (Å²) in [6, 6.07) is 8.40. The van der Waals surface area contributed by atoms with Crippen molar-refractivity contribution in [1.29, 1.82) is 0 Å². The van der Waals surface area contributed by atoms with Gasteiger partial charge in [-0.1, -0.05) is 12.1 Å². The molecular formula is C13H17N3. The molecule has 0 radical (unpaired) electrons. The number of nitrogen functional groups attached to an aromatic ring is 1. The number of anilines is 1. The van der Waals surface area contributed by atoms with E-state index in [1.54, 1.807) is 0 Å². The standard InChI is InChI=1S/C13H17N3/c1-10(2)16-7-6-15-13(16)9-11-4-3-5-12(14)8-11/h3-8,10H,9,14H2,1-2H3. The Bertz CT molecular complexity index is 472. The molecule has 2 rings (SSSR count). The lowest BCUT2D eigenvalue weighted by Gasteiger charge is -2.11. The van der Waals surface area contributed by atoms with Crippen LogP contribution in [0.1, 0.15) is 31.3 Å².